The van der Waals surface area contributed by atoms with Crippen LogP contribution in [0.2, 0.25) is 0 Å². The number of carbonyl (C=O) groups excluding carboxylic acids is 1. The van der Waals surface area contributed by atoms with Gasteiger partial charge in [-0.1, -0.05) is 42.5 Å². The average Bonchev–Trinajstić information content (AvgIpc) is 2.73. The van der Waals surface area contributed by atoms with Crippen molar-refractivity contribution in [3.63, 3.8) is 0 Å². The number of rotatable bonds is 8. The second-order valence-corrected chi connectivity index (χ2v) is 6.75. The number of hydrogen-bond donors (Lipinski definition) is 3. The number of benzene rings is 2. The lowest BCUT2D eigenvalue weighted by molar-refractivity contribution is -0.383. The van der Waals surface area contributed by atoms with Crippen LogP contribution in [-0.4, -0.2) is 27.3 Å². The number of halogens is 1. The smallest absolute Gasteiger partial charge is 0.354 e. The Morgan fingerprint density at radius 3 is 2.45 bits per heavy atom. The SMILES string of the molecule is O=C(NNc1ncnc(NCCc2ccccc2)c1[N+](=O)[O-])c1ccccc1Br. The van der Waals surface area contributed by atoms with Crippen molar-refractivity contribution >= 4 is 39.2 Å². The summed E-state index contributed by atoms with van der Waals surface area (Å²) in [5, 5.41) is 14.5. The molecule has 0 aliphatic heterocycles. The highest BCUT2D eigenvalue weighted by Gasteiger charge is 2.23. The van der Waals surface area contributed by atoms with Crippen LogP contribution >= 0.6 is 15.9 Å². The summed E-state index contributed by atoms with van der Waals surface area (Å²) in [4.78, 5) is 31.1. The fourth-order valence-electron chi connectivity index (χ4n) is 2.57. The molecule has 3 rings (SSSR count). The molecule has 29 heavy (non-hydrogen) atoms. The van der Waals surface area contributed by atoms with Crippen LogP contribution < -0.4 is 16.2 Å². The van der Waals surface area contributed by atoms with Gasteiger partial charge in [0.2, 0.25) is 11.6 Å². The van der Waals surface area contributed by atoms with Crippen molar-refractivity contribution in [1.82, 2.24) is 15.4 Å². The van der Waals surface area contributed by atoms with Crippen LogP contribution in [-0.2, 0) is 6.42 Å². The minimum absolute atomic E-state index is 0.0681. The van der Waals surface area contributed by atoms with Crippen molar-refractivity contribution in [3.05, 3.63) is 86.6 Å². The van der Waals surface area contributed by atoms with E-state index in [1.807, 2.05) is 30.3 Å². The average molecular weight is 457 g/mol. The summed E-state index contributed by atoms with van der Waals surface area (Å²) in [5.74, 6) is -0.518. The minimum atomic E-state index is -0.599. The number of anilines is 2. The van der Waals surface area contributed by atoms with Crippen molar-refractivity contribution in [2.75, 3.05) is 17.3 Å². The lowest BCUT2D eigenvalue weighted by Crippen LogP contribution is -2.30. The summed E-state index contributed by atoms with van der Waals surface area (Å²) in [6.45, 7) is 0.449. The van der Waals surface area contributed by atoms with Crippen LogP contribution in [0, 0.1) is 10.1 Å². The topological polar surface area (TPSA) is 122 Å². The van der Waals surface area contributed by atoms with Crippen molar-refractivity contribution in [3.8, 4) is 0 Å². The predicted molar refractivity (Wildman–Crippen MR) is 113 cm³/mol. The Bertz CT molecular complexity index is 1020. The number of carbonyl (C=O) groups is 1. The van der Waals surface area contributed by atoms with E-state index in [1.54, 1.807) is 24.3 Å². The fourth-order valence-corrected chi connectivity index (χ4v) is 3.04. The van der Waals surface area contributed by atoms with Gasteiger partial charge >= 0.3 is 5.69 Å². The summed E-state index contributed by atoms with van der Waals surface area (Å²) in [5.41, 5.74) is 6.05. The summed E-state index contributed by atoms with van der Waals surface area (Å²) >= 11 is 3.29. The molecule has 148 valence electrons. The fraction of sp³-hybridized carbons (Fsp3) is 0.105. The van der Waals surface area contributed by atoms with Gasteiger partial charge in [-0.15, -0.1) is 0 Å². The molecule has 2 aromatic carbocycles. The normalized spacial score (nSPS) is 10.2. The van der Waals surface area contributed by atoms with Gasteiger partial charge < -0.3 is 5.32 Å². The quantitative estimate of drug-likeness (QED) is 0.349. The van der Waals surface area contributed by atoms with Gasteiger partial charge in [0, 0.05) is 11.0 Å². The van der Waals surface area contributed by atoms with E-state index in [0.717, 1.165) is 5.56 Å². The molecule has 0 aliphatic rings. The number of hydrazine groups is 1. The second-order valence-electron chi connectivity index (χ2n) is 5.90. The summed E-state index contributed by atoms with van der Waals surface area (Å²) < 4.78 is 0.597. The van der Waals surface area contributed by atoms with E-state index in [4.69, 9.17) is 0 Å². The highest BCUT2D eigenvalue weighted by Crippen LogP contribution is 2.28. The van der Waals surface area contributed by atoms with Crippen molar-refractivity contribution in [2.24, 2.45) is 0 Å². The van der Waals surface area contributed by atoms with Gasteiger partial charge in [-0.3, -0.25) is 25.8 Å². The molecule has 0 aliphatic carbocycles. The third-order valence-corrected chi connectivity index (χ3v) is 4.66. The van der Waals surface area contributed by atoms with Crippen LogP contribution in [0.3, 0.4) is 0 Å². The van der Waals surface area contributed by atoms with E-state index in [1.165, 1.54) is 6.33 Å². The molecule has 0 radical (unpaired) electrons. The number of hydrogen-bond acceptors (Lipinski definition) is 7. The van der Waals surface area contributed by atoms with Gasteiger partial charge in [-0.05, 0) is 40.0 Å². The first-order valence-electron chi connectivity index (χ1n) is 8.64. The monoisotopic (exact) mass is 456 g/mol. The van der Waals surface area contributed by atoms with Crippen LogP contribution in [0.25, 0.3) is 0 Å². The highest BCUT2D eigenvalue weighted by molar-refractivity contribution is 9.10. The van der Waals surface area contributed by atoms with Crippen LogP contribution in [0.4, 0.5) is 17.3 Å². The number of nitro groups is 1. The van der Waals surface area contributed by atoms with E-state index in [0.29, 0.717) is 23.0 Å². The molecule has 9 nitrogen and oxygen atoms in total. The number of nitrogens with zero attached hydrogens (tertiary/aromatic N) is 3. The lowest BCUT2D eigenvalue weighted by Gasteiger charge is -2.11. The number of aromatic nitrogens is 2. The molecule has 1 aromatic heterocycles. The molecular formula is C19H17BrN6O3. The van der Waals surface area contributed by atoms with Crippen molar-refractivity contribution < 1.29 is 9.72 Å². The summed E-state index contributed by atoms with van der Waals surface area (Å²) in [6, 6.07) is 16.5. The molecule has 1 heterocycles. The molecule has 1 amide bonds. The molecule has 10 heteroatoms. The Morgan fingerprint density at radius 2 is 1.72 bits per heavy atom. The van der Waals surface area contributed by atoms with Crippen molar-refractivity contribution in [1.29, 1.82) is 0 Å². The largest absolute Gasteiger partial charge is 0.364 e. The van der Waals surface area contributed by atoms with Crippen LogP contribution in [0.15, 0.2) is 65.4 Å². The van der Waals surface area contributed by atoms with E-state index < -0.39 is 10.8 Å². The Balaban J connectivity index is 1.70. The molecule has 0 fully saturated rings. The standard InChI is InChI=1S/C19H17BrN6O3/c20-15-9-5-4-8-14(15)19(27)25-24-18-16(26(28)29)17(22-12-23-18)21-11-10-13-6-2-1-3-7-13/h1-9,12H,10-11H2,(H,25,27)(H2,21,22,23,24). The van der Waals surface area contributed by atoms with Crippen LogP contribution in [0.5, 0.6) is 0 Å². The maximum atomic E-state index is 12.3. The number of nitrogens with one attached hydrogen (secondary N) is 3. The van der Waals surface area contributed by atoms with Gasteiger partial charge in [-0.2, -0.15) is 0 Å². The Hall–Kier alpha value is -3.53. The Morgan fingerprint density at radius 1 is 1.03 bits per heavy atom. The summed E-state index contributed by atoms with van der Waals surface area (Å²) in [7, 11) is 0. The predicted octanol–water partition coefficient (Wildman–Crippen LogP) is 3.56. The zero-order chi connectivity index (χ0) is 20.6. The van der Waals surface area contributed by atoms with E-state index >= 15 is 0 Å². The minimum Gasteiger partial charge on any atom is -0.364 e. The van der Waals surface area contributed by atoms with E-state index in [9.17, 15) is 14.9 Å². The highest BCUT2D eigenvalue weighted by atomic mass is 79.9. The van der Waals surface area contributed by atoms with Gasteiger partial charge in [0.25, 0.3) is 5.91 Å². The molecule has 0 saturated carbocycles. The molecule has 3 aromatic rings. The third-order valence-electron chi connectivity index (χ3n) is 3.97. The van der Waals surface area contributed by atoms with Crippen molar-refractivity contribution in [2.45, 2.75) is 6.42 Å². The molecule has 0 bridgehead atoms. The summed E-state index contributed by atoms with van der Waals surface area (Å²) in [6.07, 6.45) is 1.86. The molecule has 0 unspecified atom stereocenters. The van der Waals surface area contributed by atoms with Gasteiger partial charge in [0.15, 0.2) is 0 Å². The number of amides is 1. The van der Waals surface area contributed by atoms with Crippen LogP contribution in [0.1, 0.15) is 15.9 Å². The first-order valence-corrected chi connectivity index (χ1v) is 9.43. The van der Waals surface area contributed by atoms with Gasteiger partial charge in [-0.25, -0.2) is 9.97 Å². The maximum absolute atomic E-state index is 12.3. The lowest BCUT2D eigenvalue weighted by atomic mass is 10.1. The van der Waals surface area contributed by atoms with E-state index in [-0.39, 0.29) is 17.3 Å². The molecular weight excluding hydrogens is 440 g/mol. The first kappa shape index (κ1) is 20.2. The maximum Gasteiger partial charge on any atom is 0.354 e. The molecule has 0 atom stereocenters. The first-order chi connectivity index (χ1) is 14.1. The zero-order valence-corrected chi connectivity index (χ0v) is 16.7. The molecule has 3 N–H and O–H groups in total. The van der Waals surface area contributed by atoms with Gasteiger partial charge in [0.05, 0.1) is 10.5 Å². The zero-order valence-electron chi connectivity index (χ0n) is 15.1. The Labute approximate surface area is 174 Å². The molecule has 0 saturated heterocycles. The Kier molecular flexibility index (Phi) is 6.69. The van der Waals surface area contributed by atoms with Gasteiger partial charge in [0.1, 0.15) is 6.33 Å². The third kappa shape index (κ3) is 5.26. The van der Waals surface area contributed by atoms with E-state index in [2.05, 4.69) is 42.1 Å². The second kappa shape index (κ2) is 9.60. The molecule has 0 spiro atoms.